The Balaban J connectivity index is 1.74. The quantitative estimate of drug-likeness (QED) is 0.464. The Kier molecular flexibility index (Phi) is 6.64. The fourth-order valence-corrected chi connectivity index (χ4v) is 2.95. The number of nitrogens with one attached hydrogen (secondary N) is 3. The Hall–Kier alpha value is -3.16. The Morgan fingerprint density at radius 1 is 0.966 bits per heavy atom. The Bertz CT molecular complexity index is 1040. The van der Waals surface area contributed by atoms with Crippen molar-refractivity contribution in [3.8, 4) is 5.75 Å². The van der Waals surface area contributed by atoms with Crippen LogP contribution in [0.3, 0.4) is 0 Å². The van der Waals surface area contributed by atoms with Crippen molar-refractivity contribution in [1.82, 2.24) is 0 Å². The molecule has 1 amide bonds. The van der Waals surface area contributed by atoms with E-state index in [0.717, 1.165) is 0 Å². The first-order chi connectivity index (χ1) is 13.9. The van der Waals surface area contributed by atoms with Crippen molar-refractivity contribution < 1.29 is 13.9 Å². The molecule has 3 aromatic carbocycles. The molecule has 0 unspecified atom stereocenters. The van der Waals surface area contributed by atoms with E-state index in [2.05, 4.69) is 16.0 Å². The van der Waals surface area contributed by atoms with Gasteiger partial charge in [0.25, 0.3) is 5.91 Å². The van der Waals surface area contributed by atoms with Crippen LogP contribution in [0.1, 0.15) is 10.4 Å². The lowest BCUT2D eigenvalue weighted by atomic mass is 10.1. The van der Waals surface area contributed by atoms with Crippen molar-refractivity contribution in [2.45, 2.75) is 0 Å². The summed E-state index contributed by atoms with van der Waals surface area (Å²) in [6, 6.07) is 17.6. The standard InChI is InChI=1S/C21H17ClFN3O2S/c1-28-19-10-5-13(20(27)24-17-4-2-3-14(22)12-17)11-18(19)26-21(29)25-16-8-6-15(23)7-9-16/h2-12H,1H3,(H,24,27)(H2,25,26,29). The summed E-state index contributed by atoms with van der Waals surface area (Å²) in [6.45, 7) is 0. The summed E-state index contributed by atoms with van der Waals surface area (Å²) in [4.78, 5) is 12.6. The number of benzene rings is 3. The SMILES string of the molecule is COc1ccc(C(=O)Nc2cccc(Cl)c2)cc1NC(=S)Nc1ccc(F)cc1. The number of carbonyl (C=O) groups excluding carboxylic acids is 1. The van der Waals surface area contributed by atoms with E-state index in [1.807, 2.05) is 0 Å². The second-order valence-corrected chi connectivity index (χ2v) is 6.81. The highest BCUT2D eigenvalue weighted by Gasteiger charge is 2.12. The fourth-order valence-electron chi connectivity index (χ4n) is 2.53. The minimum Gasteiger partial charge on any atom is -0.495 e. The minimum absolute atomic E-state index is 0.266. The maximum Gasteiger partial charge on any atom is 0.255 e. The van der Waals surface area contributed by atoms with Gasteiger partial charge in [-0.15, -0.1) is 0 Å². The molecule has 5 nitrogen and oxygen atoms in total. The van der Waals surface area contributed by atoms with E-state index >= 15 is 0 Å². The lowest BCUT2D eigenvalue weighted by Crippen LogP contribution is -2.20. The molecule has 0 aliphatic heterocycles. The summed E-state index contributed by atoms with van der Waals surface area (Å²) < 4.78 is 18.4. The maximum atomic E-state index is 13.0. The van der Waals surface area contributed by atoms with E-state index in [4.69, 9.17) is 28.6 Å². The zero-order chi connectivity index (χ0) is 20.8. The average Bonchev–Trinajstić information content (AvgIpc) is 2.69. The third-order valence-corrected chi connectivity index (χ3v) is 4.33. The monoisotopic (exact) mass is 429 g/mol. The van der Waals surface area contributed by atoms with Crippen LogP contribution < -0.4 is 20.7 Å². The summed E-state index contributed by atoms with van der Waals surface area (Å²) in [5.74, 6) is -0.141. The van der Waals surface area contributed by atoms with Gasteiger partial charge in [0.15, 0.2) is 5.11 Å². The van der Waals surface area contributed by atoms with E-state index in [0.29, 0.717) is 33.4 Å². The van der Waals surface area contributed by atoms with Crippen molar-refractivity contribution in [2.24, 2.45) is 0 Å². The molecule has 8 heteroatoms. The first-order valence-corrected chi connectivity index (χ1v) is 9.32. The summed E-state index contributed by atoms with van der Waals surface area (Å²) in [5, 5.41) is 9.52. The molecule has 0 aliphatic rings. The van der Waals surface area contributed by atoms with Gasteiger partial charge < -0.3 is 20.7 Å². The number of hydrogen-bond acceptors (Lipinski definition) is 3. The molecule has 0 spiro atoms. The summed E-state index contributed by atoms with van der Waals surface area (Å²) >= 11 is 11.3. The molecule has 3 aromatic rings. The van der Waals surface area contributed by atoms with E-state index < -0.39 is 0 Å². The van der Waals surface area contributed by atoms with Crippen LogP contribution in [0.4, 0.5) is 21.5 Å². The smallest absolute Gasteiger partial charge is 0.255 e. The van der Waals surface area contributed by atoms with Crippen LogP contribution in [-0.4, -0.2) is 18.1 Å². The minimum atomic E-state index is -0.338. The Morgan fingerprint density at radius 3 is 2.41 bits per heavy atom. The molecule has 0 atom stereocenters. The third kappa shape index (κ3) is 5.66. The average molecular weight is 430 g/mol. The van der Waals surface area contributed by atoms with Crippen LogP contribution in [0.2, 0.25) is 5.02 Å². The van der Waals surface area contributed by atoms with Crippen LogP contribution in [-0.2, 0) is 0 Å². The highest BCUT2D eigenvalue weighted by Crippen LogP contribution is 2.26. The van der Waals surface area contributed by atoms with Gasteiger partial charge in [0.2, 0.25) is 0 Å². The largest absolute Gasteiger partial charge is 0.495 e. The first kappa shape index (κ1) is 20.6. The van der Waals surface area contributed by atoms with Crippen LogP contribution in [0.5, 0.6) is 5.75 Å². The van der Waals surface area contributed by atoms with Crippen molar-refractivity contribution in [3.05, 3.63) is 83.1 Å². The van der Waals surface area contributed by atoms with Gasteiger partial charge in [-0.05, 0) is 72.9 Å². The molecular weight excluding hydrogens is 413 g/mol. The lowest BCUT2D eigenvalue weighted by Gasteiger charge is -2.15. The van der Waals surface area contributed by atoms with Crippen molar-refractivity contribution in [1.29, 1.82) is 0 Å². The summed E-state index contributed by atoms with van der Waals surface area (Å²) in [7, 11) is 1.52. The zero-order valence-corrected chi connectivity index (χ0v) is 16.9. The van der Waals surface area contributed by atoms with Crippen LogP contribution >= 0.6 is 23.8 Å². The highest BCUT2D eigenvalue weighted by atomic mass is 35.5. The normalized spacial score (nSPS) is 10.2. The molecule has 3 rings (SSSR count). The van der Waals surface area contributed by atoms with Crippen LogP contribution in [0.25, 0.3) is 0 Å². The Labute approximate surface area is 177 Å². The summed E-state index contributed by atoms with van der Waals surface area (Å²) in [6.07, 6.45) is 0. The number of halogens is 2. The van der Waals surface area contributed by atoms with Gasteiger partial charge in [-0.25, -0.2) is 4.39 Å². The molecule has 29 heavy (non-hydrogen) atoms. The zero-order valence-electron chi connectivity index (χ0n) is 15.3. The first-order valence-electron chi connectivity index (χ1n) is 8.53. The lowest BCUT2D eigenvalue weighted by molar-refractivity contribution is 0.102. The number of rotatable bonds is 5. The second kappa shape index (κ2) is 9.36. The molecule has 0 saturated heterocycles. The van der Waals surface area contributed by atoms with Gasteiger partial charge in [0, 0.05) is 22.0 Å². The number of hydrogen-bond donors (Lipinski definition) is 3. The molecule has 0 saturated carbocycles. The topological polar surface area (TPSA) is 62.4 Å². The van der Waals surface area contributed by atoms with Gasteiger partial charge in [0.1, 0.15) is 11.6 Å². The number of thiocarbonyl (C=S) groups is 1. The van der Waals surface area contributed by atoms with Crippen LogP contribution in [0, 0.1) is 5.82 Å². The second-order valence-electron chi connectivity index (χ2n) is 5.97. The number of anilines is 3. The number of carbonyl (C=O) groups is 1. The molecule has 148 valence electrons. The molecular formula is C21H17ClFN3O2S. The fraction of sp³-hybridized carbons (Fsp3) is 0.0476. The van der Waals surface area contributed by atoms with Gasteiger partial charge in [-0.3, -0.25) is 4.79 Å². The van der Waals surface area contributed by atoms with Gasteiger partial charge in [0.05, 0.1) is 12.8 Å². The van der Waals surface area contributed by atoms with E-state index in [-0.39, 0.29) is 16.8 Å². The Morgan fingerprint density at radius 2 is 1.72 bits per heavy atom. The molecule has 0 radical (unpaired) electrons. The molecule has 0 bridgehead atoms. The molecule has 0 heterocycles. The summed E-state index contributed by atoms with van der Waals surface area (Å²) in [5.41, 5.74) is 2.11. The number of ether oxygens (including phenoxy) is 1. The van der Waals surface area contributed by atoms with Gasteiger partial charge in [-0.2, -0.15) is 0 Å². The van der Waals surface area contributed by atoms with Gasteiger partial charge >= 0.3 is 0 Å². The van der Waals surface area contributed by atoms with Gasteiger partial charge in [-0.1, -0.05) is 17.7 Å². The third-order valence-electron chi connectivity index (χ3n) is 3.89. The van der Waals surface area contributed by atoms with Crippen molar-refractivity contribution in [3.63, 3.8) is 0 Å². The van der Waals surface area contributed by atoms with Crippen LogP contribution in [0.15, 0.2) is 66.7 Å². The van der Waals surface area contributed by atoms with Crippen molar-refractivity contribution in [2.75, 3.05) is 23.1 Å². The molecule has 0 aromatic heterocycles. The molecule has 0 fully saturated rings. The molecule has 3 N–H and O–H groups in total. The predicted molar refractivity (Wildman–Crippen MR) is 119 cm³/mol. The van der Waals surface area contributed by atoms with E-state index in [9.17, 15) is 9.18 Å². The highest BCUT2D eigenvalue weighted by molar-refractivity contribution is 7.80. The van der Waals surface area contributed by atoms with E-state index in [1.54, 1.807) is 54.6 Å². The molecule has 0 aliphatic carbocycles. The van der Waals surface area contributed by atoms with Crippen molar-refractivity contribution >= 4 is 51.9 Å². The number of amides is 1. The predicted octanol–water partition coefficient (Wildman–Crippen LogP) is 5.55. The van der Waals surface area contributed by atoms with E-state index in [1.165, 1.54) is 19.2 Å². The number of methoxy groups -OCH3 is 1. The maximum absolute atomic E-state index is 13.0.